The number of aromatic nitrogens is 3. The molecule has 1 heterocycles. The quantitative estimate of drug-likeness (QED) is 0.590. The van der Waals surface area contributed by atoms with Crippen LogP contribution in [0.1, 0.15) is 11.1 Å². The highest BCUT2D eigenvalue weighted by atomic mass is 35.5. The van der Waals surface area contributed by atoms with Gasteiger partial charge in [-0.05, 0) is 29.8 Å². The molecule has 0 aliphatic carbocycles. The molecule has 1 atom stereocenters. The Morgan fingerprint density at radius 1 is 1.11 bits per heavy atom. The van der Waals surface area contributed by atoms with Gasteiger partial charge in [-0.25, -0.2) is 9.67 Å². The van der Waals surface area contributed by atoms with Crippen molar-refractivity contribution in [2.45, 2.75) is 18.6 Å². The van der Waals surface area contributed by atoms with Crippen LogP contribution in [0.25, 0.3) is 0 Å². The third-order valence-corrected chi connectivity index (χ3v) is 4.98. The first-order valence-electron chi connectivity index (χ1n) is 8.37. The Hall–Kier alpha value is -2.12. The van der Waals surface area contributed by atoms with E-state index in [9.17, 15) is 9.90 Å². The molecule has 146 valence electrons. The number of nitrogens with one attached hydrogen (secondary N) is 1. The van der Waals surface area contributed by atoms with E-state index in [4.69, 9.17) is 34.8 Å². The number of benzene rings is 2. The molecule has 1 aromatic heterocycles. The SMILES string of the molecule is O=C(Cc1ccc(Cl)cc1)NCC(O)(Cn1cncn1)c1ccc(Cl)cc1Cl. The lowest BCUT2D eigenvalue weighted by molar-refractivity contribution is -0.122. The summed E-state index contributed by atoms with van der Waals surface area (Å²) in [7, 11) is 0. The van der Waals surface area contributed by atoms with Gasteiger partial charge in [0.1, 0.15) is 18.3 Å². The monoisotopic (exact) mass is 438 g/mol. The summed E-state index contributed by atoms with van der Waals surface area (Å²) in [6, 6.07) is 11.8. The molecule has 6 nitrogen and oxygen atoms in total. The zero-order chi connectivity index (χ0) is 20.1. The van der Waals surface area contributed by atoms with Crippen LogP contribution in [-0.4, -0.2) is 32.3 Å². The van der Waals surface area contributed by atoms with Crippen molar-refractivity contribution in [1.82, 2.24) is 20.1 Å². The smallest absolute Gasteiger partial charge is 0.224 e. The van der Waals surface area contributed by atoms with Gasteiger partial charge < -0.3 is 10.4 Å². The van der Waals surface area contributed by atoms with Crippen LogP contribution < -0.4 is 5.32 Å². The van der Waals surface area contributed by atoms with E-state index in [1.54, 1.807) is 42.5 Å². The normalized spacial score (nSPS) is 13.1. The molecule has 0 radical (unpaired) electrons. The number of carbonyl (C=O) groups excluding carboxylic acids is 1. The second-order valence-electron chi connectivity index (χ2n) is 6.33. The first-order chi connectivity index (χ1) is 13.4. The van der Waals surface area contributed by atoms with Crippen molar-refractivity contribution in [1.29, 1.82) is 0 Å². The van der Waals surface area contributed by atoms with Gasteiger partial charge in [0.15, 0.2) is 0 Å². The van der Waals surface area contributed by atoms with Crippen LogP contribution in [0.3, 0.4) is 0 Å². The average molecular weight is 440 g/mol. The van der Waals surface area contributed by atoms with Gasteiger partial charge in [0.05, 0.1) is 19.5 Å². The van der Waals surface area contributed by atoms with Crippen molar-refractivity contribution in [2.24, 2.45) is 0 Å². The largest absolute Gasteiger partial charge is 0.381 e. The van der Waals surface area contributed by atoms with E-state index in [-0.39, 0.29) is 25.4 Å². The van der Waals surface area contributed by atoms with Crippen LogP contribution in [-0.2, 0) is 23.4 Å². The average Bonchev–Trinajstić information content (AvgIpc) is 3.14. The number of carbonyl (C=O) groups is 1. The van der Waals surface area contributed by atoms with Crippen molar-refractivity contribution < 1.29 is 9.90 Å². The van der Waals surface area contributed by atoms with E-state index >= 15 is 0 Å². The van der Waals surface area contributed by atoms with Crippen molar-refractivity contribution in [2.75, 3.05) is 6.54 Å². The maximum Gasteiger partial charge on any atom is 0.224 e. The van der Waals surface area contributed by atoms with Crippen LogP contribution >= 0.6 is 34.8 Å². The minimum absolute atomic E-state index is 0.0512. The Balaban J connectivity index is 1.77. The lowest BCUT2D eigenvalue weighted by atomic mass is 9.93. The van der Waals surface area contributed by atoms with Gasteiger partial charge in [-0.15, -0.1) is 0 Å². The molecular weight excluding hydrogens is 423 g/mol. The lowest BCUT2D eigenvalue weighted by Crippen LogP contribution is -2.44. The molecule has 0 bridgehead atoms. The van der Waals surface area contributed by atoms with Gasteiger partial charge in [0, 0.05) is 20.6 Å². The Labute approximate surface area is 177 Å². The molecule has 0 aliphatic heterocycles. The molecule has 0 fully saturated rings. The van der Waals surface area contributed by atoms with Crippen LogP contribution in [0, 0.1) is 0 Å². The number of rotatable bonds is 7. The molecule has 0 spiro atoms. The Kier molecular flexibility index (Phi) is 6.57. The number of hydrogen-bond donors (Lipinski definition) is 2. The van der Waals surface area contributed by atoms with E-state index in [1.807, 2.05) is 0 Å². The van der Waals surface area contributed by atoms with Crippen LogP contribution in [0.15, 0.2) is 55.1 Å². The molecule has 1 unspecified atom stereocenters. The van der Waals surface area contributed by atoms with Gasteiger partial charge in [-0.3, -0.25) is 4.79 Å². The summed E-state index contributed by atoms with van der Waals surface area (Å²) in [4.78, 5) is 16.3. The predicted octanol–water partition coefficient (Wildman–Crippen LogP) is 3.49. The van der Waals surface area contributed by atoms with Gasteiger partial charge in [-0.1, -0.05) is 53.0 Å². The second-order valence-corrected chi connectivity index (χ2v) is 7.61. The number of halogens is 3. The summed E-state index contributed by atoms with van der Waals surface area (Å²) in [6.07, 6.45) is 3.00. The zero-order valence-corrected chi connectivity index (χ0v) is 16.9. The molecular formula is C19H17Cl3N4O2. The van der Waals surface area contributed by atoms with Crippen LogP contribution in [0.5, 0.6) is 0 Å². The molecule has 3 rings (SSSR count). The molecule has 2 N–H and O–H groups in total. The van der Waals surface area contributed by atoms with Gasteiger partial charge >= 0.3 is 0 Å². The summed E-state index contributed by atoms with van der Waals surface area (Å²) in [5, 5.41) is 19.5. The Morgan fingerprint density at radius 2 is 1.82 bits per heavy atom. The van der Waals surface area contributed by atoms with Gasteiger partial charge in [-0.2, -0.15) is 5.10 Å². The zero-order valence-electron chi connectivity index (χ0n) is 14.6. The number of amides is 1. The van der Waals surface area contributed by atoms with E-state index in [0.717, 1.165) is 5.56 Å². The summed E-state index contributed by atoms with van der Waals surface area (Å²) >= 11 is 18.1. The first kappa shape index (κ1) is 20.6. The summed E-state index contributed by atoms with van der Waals surface area (Å²) in [6.45, 7) is -0.0176. The maximum absolute atomic E-state index is 12.4. The molecule has 0 aliphatic rings. The summed E-state index contributed by atoms with van der Waals surface area (Å²) in [5.41, 5.74) is -0.266. The van der Waals surface area contributed by atoms with E-state index < -0.39 is 5.60 Å². The van der Waals surface area contributed by atoms with Crippen molar-refractivity contribution >= 4 is 40.7 Å². The van der Waals surface area contributed by atoms with Crippen LogP contribution in [0.4, 0.5) is 0 Å². The van der Waals surface area contributed by atoms with Crippen LogP contribution in [0.2, 0.25) is 15.1 Å². The van der Waals surface area contributed by atoms with E-state index in [1.165, 1.54) is 17.3 Å². The molecule has 9 heteroatoms. The molecule has 0 saturated carbocycles. The maximum atomic E-state index is 12.4. The first-order valence-corrected chi connectivity index (χ1v) is 9.50. The minimum Gasteiger partial charge on any atom is -0.381 e. The fraction of sp³-hybridized carbons (Fsp3) is 0.211. The third-order valence-electron chi connectivity index (χ3n) is 4.18. The predicted molar refractivity (Wildman–Crippen MR) is 109 cm³/mol. The standard InChI is InChI=1S/C19H17Cl3N4O2/c20-14-3-1-13(2-4-14)7-18(27)24-9-19(28,10-26-12-23-11-25-26)16-6-5-15(21)8-17(16)22/h1-6,8,11-12,28H,7,9-10H2,(H,24,27). The minimum atomic E-state index is -1.51. The molecule has 1 amide bonds. The van der Waals surface area contributed by atoms with E-state index in [0.29, 0.717) is 20.6 Å². The van der Waals surface area contributed by atoms with Gasteiger partial charge in [0.2, 0.25) is 5.91 Å². The topological polar surface area (TPSA) is 80.0 Å². The lowest BCUT2D eigenvalue weighted by Gasteiger charge is -2.29. The van der Waals surface area contributed by atoms with Gasteiger partial charge in [0.25, 0.3) is 0 Å². The number of nitrogens with zero attached hydrogens (tertiary/aromatic N) is 3. The Morgan fingerprint density at radius 3 is 2.46 bits per heavy atom. The number of hydrogen-bond acceptors (Lipinski definition) is 4. The summed E-state index contributed by atoms with van der Waals surface area (Å²) < 4.78 is 1.47. The van der Waals surface area contributed by atoms with Crippen molar-refractivity contribution in [3.05, 3.63) is 81.3 Å². The molecule has 3 aromatic rings. The second kappa shape index (κ2) is 8.92. The molecule has 28 heavy (non-hydrogen) atoms. The fourth-order valence-electron chi connectivity index (χ4n) is 2.78. The van der Waals surface area contributed by atoms with Crippen molar-refractivity contribution in [3.63, 3.8) is 0 Å². The molecule has 0 saturated heterocycles. The highest BCUT2D eigenvalue weighted by molar-refractivity contribution is 6.35. The highest BCUT2D eigenvalue weighted by Gasteiger charge is 2.33. The number of aliphatic hydroxyl groups is 1. The highest BCUT2D eigenvalue weighted by Crippen LogP contribution is 2.31. The summed E-state index contributed by atoms with van der Waals surface area (Å²) in [5.74, 6) is -0.246. The van der Waals surface area contributed by atoms with Crippen molar-refractivity contribution in [3.8, 4) is 0 Å². The van der Waals surface area contributed by atoms with E-state index in [2.05, 4.69) is 15.4 Å². The third kappa shape index (κ3) is 5.23. The fourth-order valence-corrected chi connectivity index (χ4v) is 3.49. The Bertz CT molecular complexity index is 948. The molecule has 2 aromatic carbocycles.